The average Bonchev–Trinajstić information content (AvgIpc) is 2.76. The van der Waals surface area contributed by atoms with Crippen molar-refractivity contribution in [3.63, 3.8) is 0 Å². The van der Waals surface area contributed by atoms with Crippen LogP contribution in [0.5, 0.6) is 5.75 Å². The van der Waals surface area contributed by atoms with E-state index in [1.807, 2.05) is 6.92 Å². The van der Waals surface area contributed by atoms with E-state index < -0.39 is 10.0 Å². The van der Waals surface area contributed by atoms with E-state index in [0.717, 1.165) is 12.8 Å². The van der Waals surface area contributed by atoms with Crippen molar-refractivity contribution in [2.45, 2.75) is 30.7 Å². The summed E-state index contributed by atoms with van der Waals surface area (Å²) in [6.45, 7) is 2.54. The van der Waals surface area contributed by atoms with Gasteiger partial charge in [0.2, 0.25) is 10.0 Å². The number of methoxy groups -OCH3 is 1. The van der Waals surface area contributed by atoms with E-state index in [0.29, 0.717) is 12.3 Å². The Morgan fingerprint density at radius 3 is 2.65 bits per heavy atom. The molecule has 17 heavy (non-hydrogen) atoms. The van der Waals surface area contributed by atoms with Crippen molar-refractivity contribution in [1.82, 2.24) is 4.31 Å². The van der Waals surface area contributed by atoms with Crippen LogP contribution < -0.4 is 4.74 Å². The van der Waals surface area contributed by atoms with Crippen molar-refractivity contribution < 1.29 is 13.2 Å². The predicted molar refractivity (Wildman–Crippen MR) is 65.6 cm³/mol. The van der Waals surface area contributed by atoms with Gasteiger partial charge in [0.05, 0.1) is 7.11 Å². The second-order valence-corrected chi connectivity index (χ2v) is 6.12. The maximum absolute atomic E-state index is 12.5. The molecule has 4 nitrogen and oxygen atoms in total. The number of hydrogen-bond acceptors (Lipinski definition) is 3. The molecular weight excluding hydrogens is 238 g/mol. The zero-order valence-electron chi connectivity index (χ0n) is 10.1. The van der Waals surface area contributed by atoms with E-state index in [-0.39, 0.29) is 10.9 Å². The Labute approximate surface area is 102 Å². The monoisotopic (exact) mass is 255 g/mol. The molecule has 1 atom stereocenters. The van der Waals surface area contributed by atoms with Gasteiger partial charge in [-0.15, -0.1) is 0 Å². The smallest absolute Gasteiger partial charge is 0.246 e. The van der Waals surface area contributed by atoms with E-state index in [9.17, 15) is 8.42 Å². The first kappa shape index (κ1) is 12.4. The van der Waals surface area contributed by atoms with Gasteiger partial charge in [0.1, 0.15) is 10.6 Å². The van der Waals surface area contributed by atoms with Crippen molar-refractivity contribution in [3.8, 4) is 5.75 Å². The summed E-state index contributed by atoms with van der Waals surface area (Å²) >= 11 is 0. The Hall–Kier alpha value is -1.07. The first-order valence-corrected chi connectivity index (χ1v) is 7.16. The Kier molecular flexibility index (Phi) is 3.40. The number of ether oxygens (including phenoxy) is 1. The van der Waals surface area contributed by atoms with Gasteiger partial charge < -0.3 is 4.74 Å². The third kappa shape index (κ3) is 2.17. The lowest BCUT2D eigenvalue weighted by Crippen LogP contribution is -2.33. The summed E-state index contributed by atoms with van der Waals surface area (Å²) < 4.78 is 31.6. The van der Waals surface area contributed by atoms with Crippen molar-refractivity contribution >= 4 is 10.0 Å². The number of para-hydroxylation sites is 1. The summed E-state index contributed by atoms with van der Waals surface area (Å²) in [5, 5.41) is 0. The summed E-state index contributed by atoms with van der Waals surface area (Å²) in [5.41, 5.74) is 0. The SMILES string of the molecule is COc1ccccc1S(=O)(=O)N1CCCC1C. The van der Waals surface area contributed by atoms with Crippen LogP contribution in [0.3, 0.4) is 0 Å². The lowest BCUT2D eigenvalue weighted by Gasteiger charge is -2.21. The minimum atomic E-state index is -3.42. The fourth-order valence-corrected chi connectivity index (χ4v) is 4.08. The molecule has 0 aromatic heterocycles. The third-order valence-corrected chi connectivity index (χ3v) is 5.20. The second kappa shape index (κ2) is 4.66. The molecule has 0 spiro atoms. The van der Waals surface area contributed by atoms with Crippen LogP contribution in [0.4, 0.5) is 0 Å². The highest BCUT2D eigenvalue weighted by atomic mass is 32.2. The molecule has 1 saturated heterocycles. The summed E-state index contributed by atoms with van der Waals surface area (Å²) in [5.74, 6) is 0.409. The topological polar surface area (TPSA) is 46.6 Å². The molecule has 5 heteroatoms. The highest BCUT2D eigenvalue weighted by Crippen LogP contribution is 2.30. The quantitative estimate of drug-likeness (QED) is 0.828. The van der Waals surface area contributed by atoms with E-state index in [2.05, 4.69) is 0 Å². The van der Waals surface area contributed by atoms with Crippen molar-refractivity contribution in [2.24, 2.45) is 0 Å². The zero-order valence-corrected chi connectivity index (χ0v) is 10.9. The largest absolute Gasteiger partial charge is 0.495 e. The van der Waals surface area contributed by atoms with Crippen LogP contribution in [0.15, 0.2) is 29.2 Å². The van der Waals surface area contributed by atoms with Gasteiger partial charge in [0, 0.05) is 12.6 Å². The van der Waals surface area contributed by atoms with Gasteiger partial charge >= 0.3 is 0 Å². The second-order valence-electron chi connectivity index (χ2n) is 4.26. The van der Waals surface area contributed by atoms with Crippen molar-refractivity contribution in [3.05, 3.63) is 24.3 Å². The normalized spacial score (nSPS) is 21.6. The molecule has 1 heterocycles. The number of sulfonamides is 1. The molecule has 0 radical (unpaired) electrons. The fourth-order valence-electron chi connectivity index (χ4n) is 2.22. The van der Waals surface area contributed by atoms with Crippen LogP contribution in [0, 0.1) is 0 Å². The summed E-state index contributed by atoms with van der Waals surface area (Å²) in [7, 11) is -1.93. The Morgan fingerprint density at radius 1 is 1.35 bits per heavy atom. The van der Waals surface area contributed by atoms with Crippen molar-refractivity contribution in [1.29, 1.82) is 0 Å². The molecule has 0 bridgehead atoms. The van der Waals surface area contributed by atoms with E-state index >= 15 is 0 Å². The first-order valence-electron chi connectivity index (χ1n) is 5.72. The summed E-state index contributed by atoms with van der Waals surface area (Å²) in [4.78, 5) is 0.260. The Morgan fingerprint density at radius 2 is 2.06 bits per heavy atom. The van der Waals surface area contributed by atoms with Gasteiger partial charge in [-0.05, 0) is 31.9 Å². The number of nitrogens with zero attached hydrogens (tertiary/aromatic N) is 1. The van der Waals surface area contributed by atoms with Gasteiger partial charge in [0.15, 0.2) is 0 Å². The lowest BCUT2D eigenvalue weighted by atomic mass is 10.3. The molecule has 1 aliphatic rings. The maximum atomic E-state index is 12.5. The first-order chi connectivity index (χ1) is 8.07. The average molecular weight is 255 g/mol. The lowest BCUT2D eigenvalue weighted by molar-refractivity contribution is 0.386. The minimum Gasteiger partial charge on any atom is -0.495 e. The standard InChI is InChI=1S/C12H17NO3S/c1-10-6-5-9-13(10)17(14,15)12-8-4-3-7-11(12)16-2/h3-4,7-8,10H,5-6,9H2,1-2H3. The molecule has 1 unspecified atom stereocenters. The van der Waals surface area contributed by atoms with E-state index in [1.165, 1.54) is 7.11 Å². The molecule has 1 aromatic rings. The predicted octanol–water partition coefficient (Wildman–Crippen LogP) is 1.87. The van der Waals surface area contributed by atoms with Crippen LogP contribution >= 0.6 is 0 Å². The van der Waals surface area contributed by atoms with Gasteiger partial charge in [0.25, 0.3) is 0 Å². The number of rotatable bonds is 3. The van der Waals surface area contributed by atoms with Gasteiger partial charge in [-0.2, -0.15) is 4.31 Å². The zero-order chi connectivity index (χ0) is 12.5. The maximum Gasteiger partial charge on any atom is 0.246 e. The summed E-state index contributed by atoms with van der Waals surface area (Å²) in [6.07, 6.45) is 1.85. The molecule has 2 rings (SSSR count). The molecule has 1 aromatic carbocycles. The highest BCUT2D eigenvalue weighted by Gasteiger charge is 2.34. The number of benzene rings is 1. The van der Waals surface area contributed by atoms with E-state index in [4.69, 9.17) is 4.74 Å². The van der Waals surface area contributed by atoms with Crippen LogP contribution in [0.2, 0.25) is 0 Å². The van der Waals surface area contributed by atoms with Crippen LogP contribution in [-0.4, -0.2) is 32.4 Å². The molecule has 0 saturated carbocycles. The molecule has 0 amide bonds. The van der Waals surface area contributed by atoms with Gasteiger partial charge in [-0.1, -0.05) is 12.1 Å². The Bertz CT molecular complexity index is 498. The van der Waals surface area contributed by atoms with Crippen LogP contribution in [0.1, 0.15) is 19.8 Å². The minimum absolute atomic E-state index is 0.0740. The van der Waals surface area contributed by atoms with E-state index in [1.54, 1.807) is 28.6 Å². The van der Waals surface area contributed by atoms with Crippen LogP contribution in [-0.2, 0) is 10.0 Å². The third-order valence-electron chi connectivity index (χ3n) is 3.15. The molecular formula is C12H17NO3S. The van der Waals surface area contributed by atoms with Crippen LogP contribution in [0.25, 0.3) is 0 Å². The molecule has 94 valence electrons. The summed E-state index contributed by atoms with van der Waals surface area (Å²) in [6, 6.07) is 6.83. The highest BCUT2D eigenvalue weighted by molar-refractivity contribution is 7.89. The van der Waals surface area contributed by atoms with Gasteiger partial charge in [-0.3, -0.25) is 0 Å². The molecule has 1 aliphatic heterocycles. The fraction of sp³-hybridized carbons (Fsp3) is 0.500. The molecule has 0 N–H and O–H groups in total. The van der Waals surface area contributed by atoms with Crippen molar-refractivity contribution in [2.75, 3.05) is 13.7 Å². The molecule has 1 fully saturated rings. The molecule has 0 aliphatic carbocycles. The number of hydrogen-bond donors (Lipinski definition) is 0. The Balaban J connectivity index is 2.44. The van der Waals surface area contributed by atoms with Gasteiger partial charge in [-0.25, -0.2) is 8.42 Å².